The number of nitrogens with one attached hydrogen (secondary N) is 1. The third-order valence-corrected chi connectivity index (χ3v) is 11.4. The van der Waals surface area contributed by atoms with E-state index >= 15 is 0 Å². The summed E-state index contributed by atoms with van der Waals surface area (Å²) in [5.41, 5.74) is 11.9. The van der Waals surface area contributed by atoms with Crippen LogP contribution in [0.2, 0.25) is 0 Å². The van der Waals surface area contributed by atoms with E-state index in [2.05, 4.69) is 180 Å². The molecule has 0 saturated heterocycles. The SMILES string of the molecule is C1=CC(c2ccccc2)Cc2c1c1ccccc1n2-c1cccc(C2N=C(c3cccc4c3sc3ccccc34)C=C(c3ccccc3)N2)c1. The van der Waals surface area contributed by atoms with Gasteiger partial charge in [-0.3, -0.25) is 4.99 Å². The van der Waals surface area contributed by atoms with Crippen molar-refractivity contribution in [3.63, 3.8) is 0 Å². The minimum absolute atomic E-state index is 0.260. The van der Waals surface area contributed by atoms with Gasteiger partial charge in [0, 0.05) is 59.7 Å². The van der Waals surface area contributed by atoms with Gasteiger partial charge in [-0.05, 0) is 53.5 Å². The second kappa shape index (κ2) is 11.9. The molecule has 6 aromatic carbocycles. The van der Waals surface area contributed by atoms with Crippen molar-refractivity contribution in [1.29, 1.82) is 0 Å². The number of aromatic nitrogens is 1. The Morgan fingerprint density at radius 3 is 2.26 bits per heavy atom. The number of thiophene rings is 1. The van der Waals surface area contributed by atoms with Gasteiger partial charge >= 0.3 is 0 Å². The third kappa shape index (κ3) is 4.83. The fraction of sp³-hybridized carbons (Fsp3) is 0.0652. The van der Waals surface area contributed by atoms with E-state index in [1.165, 1.54) is 53.5 Å². The minimum Gasteiger partial charge on any atom is -0.360 e. The number of allylic oxidation sites excluding steroid dienone is 2. The molecular weight excluding hydrogens is 627 g/mol. The van der Waals surface area contributed by atoms with E-state index in [-0.39, 0.29) is 6.17 Å². The van der Waals surface area contributed by atoms with Gasteiger partial charge in [-0.2, -0.15) is 0 Å². The molecule has 0 radical (unpaired) electrons. The maximum absolute atomic E-state index is 5.46. The molecule has 2 aliphatic rings. The van der Waals surface area contributed by atoms with Crippen LogP contribution >= 0.6 is 11.3 Å². The number of para-hydroxylation sites is 1. The van der Waals surface area contributed by atoms with E-state index in [9.17, 15) is 0 Å². The van der Waals surface area contributed by atoms with E-state index < -0.39 is 0 Å². The molecule has 1 aliphatic carbocycles. The van der Waals surface area contributed by atoms with E-state index in [4.69, 9.17) is 4.99 Å². The fourth-order valence-corrected chi connectivity index (χ4v) is 9.05. The van der Waals surface area contributed by atoms with E-state index in [0.717, 1.165) is 34.6 Å². The van der Waals surface area contributed by atoms with Crippen LogP contribution in [0.4, 0.5) is 0 Å². The van der Waals surface area contributed by atoms with Crippen LogP contribution in [0.1, 0.15) is 45.6 Å². The Hall–Kier alpha value is -5.97. The Bertz CT molecular complexity index is 2660. The van der Waals surface area contributed by atoms with Crippen LogP contribution in [-0.2, 0) is 6.42 Å². The van der Waals surface area contributed by atoms with Gasteiger partial charge in [0.25, 0.3) is 0 Å². The zero-order chi connectivity index (χ0) is 33.0. The van der Waals surface area contributed by atoms with Crippen LogP contribution in [0, 0.1) is 0 Å². The lowest BCUT2D eigenvalue weighted by Crippen LogP contribution is -2.25. The molecule has 2 unspecified atom stereocenters. The first-order valence-electron chi connectivity index (χ1n) is 17.3. The van der Waals surface area contributed by atoms with Crippen molar-refractivity contribution in [3.05, 3.63) is 197 Å². The van der Waals surface area contributed by atoms with Crippen LogP contribution in [-0.4, -0.2) is 10.3 Å². The molecule has 238 valence electrons. The molecule has 2 atom stereocenters. The molecule has 3 heterocycles. The van der Waals surface area contributed by atoms with Gasteiger partial charge in [-0.15, -0.1) is 11.3 Å². The average Bonchev–Trinajstić information content (AvgIpc) is 3.74. The number of benzene rings is 6. The summed E-state index contributed by atoms with van der Waals surface area (Å²) in [4.78, 5) is 5.46. The number of rotatable bonds is 5. The van der Waals surface area contributed by atoms with Crippen molar-refractivity contribution in [2.24, 2.45) is 4.99 Å². The number of aliphatic imine (C=N–C) groups is 1. The first-order chi connectivity index (χ1) is 24.8. The summed E-state index contributed by atoms with van der Waals surface area (Å²) in [6, 6.07) is 54.6. The highest BCUT2D eigenvalue weighted by Gasteiger charge is 2.25. The Morgan fingerprint density at radius 1 is 0.660 bits per heavy atom. The Labute approximate surface area is 295 Å². The standard InChI is InChI=1S/C46H33N3S/c1-3-13-30(14-4-1)32-25-26-36-35-19-7-9-23-42(35)49(43(36)28-32)34-18-11-17-33(27-34)46-47-40(31-15-5-2-6-16-31)29-41(48-46)39-22-12-21-38-37-20-8-10-24-44(37)50-45(38)39/h1-27,29,32,46-47H,28H2. The summed E-state index contributed by atoms with van der Waals surface area (Å²) in [6.07, 6.45) is 7.62. The number of hydrogen-bond donors (Lipinski definition) is 1. The molecule has 0 fully saturated rings. The van der Waals surface area contributed by atoms with Gasteiger partial charge in [-0.25, -0.2) is 0 Å². The second-order valence-electron chi connectivity index (χ2n) is 13.2. The molecular formula is C46H33N3S. The molecule has 8 aromatic rings. The minimum atomic E-state index is -0.260. The zero-order valence-corrected chi connectivity index (χ0v) is 28.1. The maximum atomic E-state index is 5.46. The molecule has 0 saturated carbocycles. The average molecular weight is 660 g/mol. The molecule has 0 bridgehead atoms. The zero-order valence-electron chi connectivity index (χ0n) is 27.3. The van der Waals surface area contributed by atoms with Crippen LogP contribution < -0.4 is 5.32 Å². The molecule has 0 spiro atoms. The number of fused-ring (bicyclic) bond motifs is 6. The Balaban J connectivity index is 1.11. The van der Waals surface area contributed by atoms with Crippen molar-refractivity contribution >= 4 is 59.9 Å². The van der Waals surface area contributed by atoms with Crippen molar-refractivity contribution in [1.82, 2.24) is 9.88 Å². The maximum Gasteiger partial charge on any atom is 0.145 e. The van der Waals surface area contributed by atoms with Crippen molar-refractivity contribution < 1.29 is 0 Å². The smallest absolute Gasteiger partial charge is 0.145 e. The molecule has 0 amide bonds. The summed E-state index contributed by atoms with van der Waals surface area (Å²) in [7, 11) is 0. The van der Waals surface area contributed by atoms with Crippen LogP contribution in [0.5, 0.6) is 0 Å². The molecule has 50 heavy (non-hydrogen) atoms. The van der Waals surface area contributed by atoms with E-state index in [1.807, 2.05) is 11.3 Å². The van der Waals surface area contributed by atoms with Crippen LogP contribution in [0.3, 0.4) is 0 Å². The van der Waals surface area contributed by atoms with Gasteiger partial charge in [0.1, 0.15) is 6.17 Å². The predicted octanol–water partition coefficient (Wildman–Crippen LogP) is 11.5. The summed E-state index contributed by atoms with van der Waals surface area (Å²) in [5, 5.41) is 7.69. The topological polar surface area (TPSA) is 29.3 Å². The highest BCUT2D eigenvalue weighted by Crippen LogP contribution is 2.40. The highest BCUT2D eigenvalue weighted by molar-refractivity contribution is 7.26. The summed E-state index contributed by atoms with van der Waals surface area (Å²) in [6.45, 7) is 0. The largest absolute Gasteiger partial charge is 0.360 e. The molecule has 2 aromatic heterocycles. The van der Waals surface area contributed by atoms with Crippen molar-refractivity contribution in [2.45, 2.75) is 18.5 Å². The van der Waals surface area contributed by atoms with E-state index in [0.29, 0.717) is 5.92 Å². The molecule has 4 heteroatoms. The fourth-order valence-electron chi connectivity index (χ4n) is 7.82. The van der Waals surface area contributed by atoms with Gasteiger partial charge in [0.2, 0.25) is 0 Å². The van der Waals surface area contributed by atoms with Crippen LogP contribution in [0.15, 0.2) is 169 Å². The second-order valence-corrected chi connectivity index (χ2v) is 14.2. The van der Waals surface area contributed by atoms with Crippen molar-refractivity contribution in [3.8, 4) is 5.69 Å². The monoisotopic (exact) mass is 659 g/mol. The van der Waals surface area contributed by atoms with Gasteiger partial charge in [0.05, 0.1) is 11.2 Å². The Kier molecular flexibility index (Phi) is 6.88. The lowest BCUT2D eigenvalue weighted by Gasteiger charge is -2.26. The number of hydrogen-bond acceptors (Lipinski definition) is 3. The normalized spacial score (nSPS) is 17.0. The van der Waals surface area contributed by atoms with Crippen LogP contribution in [0.25, 0.3) is 48.5 Å². The third-order valence-electron chi connectivity index (χ3n) is 10.2. The summed E-state index contributed by atoms with van der Waals surface area (Å²) >= 11 is 1.85. The van der Waals surface area contributed by atoms with Gasteiger partial charge in [0.15, 0.2) is 0 Å². The highest BCUT2D eigenvalue weighted by atomic mass is 32.1. The summed E-state index contributed by atoms with van der Waals surface area (Å²) < 4.78 is 5.05. The molecule has 3 nitrogen and oxygen atoms in total. The quantitative estimate of drug-likeness (QED) is 0.196. The molecule has 1 N–H and O–H groups in total. The van der Waals surface area contributed by atoms with Crippen molar-refractivity contribution in [2.75, 3.05) is 0 Å². The first kappa shape index (κ1) is 29.0. The lowest BCUT2D eigenvalue weighted by atomic mass is 9.88. The Morgan fingerprint density at radius 2 is 1.38 bits per heavy atom. The van der Waals surface area contributed by atoms with Gasteiger partial charge < -0.3 is 9.88 Å². The van der Waals surface area contributed by atoms with E-state index in [1.54, 1.807) is 0 Å². The summed E-state index contributed by atoms with van der Waals surface area (Å²) in [5.74, 6) is 0.331. The molecule has 1 aliphatic heterocycles. The lowest BCUT2D eigenvalue weighted by molar-refractivity contribution is 0.663. The van der Waals surface area contributed by atoms with Gasteiger partial charge in [-0.1, -0.05) is 140 Å². The first-order valence-corrected chi connectivity index (χ1v) is 18.1. The predicted molar refractivity (Wildman–Crippen MR) is 211 cm³/mol. The molecule has 10 rings (SSSR count). The number of nitrogens with zero attached hydrogens (tertiary/aromatic N) is 2.